The topological polar surface area (TPSA) is 98.9 Å². The van der Waals surface area contributed by atoms with Gasteiger partial charge in [-0.15, -0.1) is 0 Å². The van der Waals surface area contributed by atoms with E-state index in [0.717, 1.165) is 16.3 Å². The summed E-state index contributed by atoms with van der Waals surface area (Å²) in [6, 6.07) is 4.77. The number of rotatable bonds is 4. The smallest absolute Gasteiger partial charge is 0.324 e. The maximum Gasteiger partial charge on any atom is 0.332 e. The highest BCUT2D eigenvalue weighted by Gasteiger charge is 2.26. The molecule has 1 atom stereocenters. The van der Waals surface area contributed by atoms with E-state index in [4.69, 9.17) is 23.2 Å². The maximum absolute atomic E-state index is 12.9. The summed E-state index contributed by atoms with van der Waals surface area (Å²) in [6.45, 7) is 7.48. The van der Waals surface area contributed by atoms with Crippen molar-refractivity contribution in [3.63, 3.8) is 0 Å². The van der Waals surface area contributed by atoms with Crippen LogP contribution < -0.4 is 16.6 Å². The van der Waals surface area contributed by atoms with Gasteiger partial charge in [0.2, 0.25) is 5.91 Å². The summed E-state index contributed by atoms with van der Waals surface area (Å²) in [5.41, 5.74) is -0.834. The van der Waals surface area contributed by atoms with Crippen molar-refractivity contribution in [3.8, 4) is 0 Å². The molecule has 11 heteroatoms. The van der Waals surface area contributed by atoms with Gasteiger partial charge in [0, 0.05) is 24.5 Å². The molecule has 0 saturated heterocycles. The molecule has 2 heterocycles. The molecule has 0 radical (unpaired) electrons. The summed E-state index contributed by atoms with van der Waals surface area (Å²) in [4.78, 5) is 47.3. The van der Waals surface area contributed by atoms with Crippen LogP contribution in [0.3, 0.4) is 0 Å². The summed E-state index contributed by atoms with van der Waals surface area (Å²) < 4.78 is 2.32. The number of halogens is 2. The average molecular weight is 496 g/mol. The minimum atomic E-state index is -0.641. The van der Waals surface area contributed by atoms with Crippen molar-refractivity contribution in [1.29, 1.82) is 0 Å². The molecular weight excluding hydrogens is 473 g/mol. The molecule has 3 rings (SSSR count). The Hall–Kier alpha value is -2.36. The van der Waals surface area contributed by atoms with Gasteiger partial charge in [0.05, 0.1) is 16.0 Å². The van der Waals surface area contributed by atoms with Crippen LogP contribution in [0, 0.1) is 0 Å². The third kappa shape index (κ3) is 4.69. The first kappa shape index (κ1) is 24.3. The van der Waals surface area contributed by atoms with Crippen LogP contribution in [-0.4, -0.2) is 30.3 Å². The largest absolute Gasteiger partial charge is 0.332 e. The molecular formula is C21H23Cl2N5O3S. The minimum Gasteiger partial charge on any atom is -0.324 e. The van der Waals surface area contributed by atoms with Gasteiger partial charge in [-0.25, -0.2) is 14.8 Å². The molecule has 1 N–H and O–H groups in total. The van der Waals surface area contributed by atoms with Gasteiger partial charge in [-0.1, -0.05) is 55.7 Å². The van der Waals surface area contributed by atoms with Crippen LogP contribution in [0.4, 0.5) is 5.69 Å². The number of benzene rings is 1. The molecule has 32 heavy (non-hydrogen) atoms. The van der Waals surface area contributed by atoms with Crippen LogP contribution in [0.1, 0.15) is 33.5 Å². The van der Waals surface area contributed by atoms with Crippen LogP contribution in [-0.2, 0) is 24.3 Å². The summed E-state index contributed by atoms with van der Waals surface area (Å²) >= 11 is 13.3. The van der Waals surface area contributed by atoms with Gasteiger partial charge in [0.1, 0.15) is 16.2 Å². The number of thioether (sulfide) groups is 1. The summed E-state index contributed by atoms with van der Waals surface area (Å²) in [5.74, 6) is 0.117. The van der Waals surface area contributed by atoms with E-state index < -0.39 is 21.9 Å². The van der Waals surface area contributed by atoms with Crippen molar-refractivity contribution in [3.05, 3.63) is 54.9 Å². The lowest BCUT2D eigenvalue weighted by molar-refractivity contribution is -0.115. The van der Waals surface area contributed by atoms with Gasteiger partial charge in [-0.2, -0.15) is 0 Å². The van der Waals surface area contributed by atoms with E-state index in [0.29, 0.717) is 26.6 Å². The van der Waals surface area contributed by atoms with Crippen LogP contribution >= 0.6 is 35.0 Å². The Labute approximate surface area is 199 Å². The van der Waals surface area contributed by atoms with Crippen LogP contribution in [0.5, 0.6) is 0 Å². The third-order valence-corrected chi connectivity index (χ3v) is 6.43. The van der Waals surface area contributed by atoms with E-state index in [9.17, 15) is 14.4 Å². The Morgan fingerprint density at radius 1 is 1.12 bits per heavy atom. The highest BCUT2D eigenvalue weighted by atomic mass is 35.5. The molecule has 170 valence electrons. The molecule has 1 aromatic carbocycles. The Kier molecular flexibility index (Phi) is 6.74. The lowest BCUT2D eigenvalue weighted by atomic mass is 9.96. The molecule has 0 fully saturated rings. The summed E-state index contributed by atoms with van der Waals surface area (Å²) in [7, 11) is 2.95. The van der Waals surface area contributed by atoms with Crippen molar-refractivity contribution in [2.24, 2.45) is 14.1 Å². The lowest BCUT2D eigenvalue weighted by Crippen LogP contribution is -2.38. The van der Waals surface area contributed by atoms with Crippen LogP contribution in [0.2, 0.25) is 10.0 Å². The van der Waals surface area contributed by atoms with Crippen LogP contribution in [0.25, 0.3) is 11.0 Å². The quantitative estimate of drug-likeness (QED) is 0.437. The fourth-order valence-electron chi connectivity index (χ4n) is 2.90. The number of aryl methyl sites for hydroxylation is 1. The monoisotopic (exact) mass is 495 g/mol. The third-order valence-electron chi connectivity index (χ3n) is 4.78. The molecule has 0 saturated carbocycles. The number of amides is 1. The Bertz CT molecular complexity index is 1340. The number of hydrogen-bond donors (Lipinski definition) is 1. The number of nitrogens with zero attached hydrogens (tertiary/aromatic N) is 4. The van der Waals surface area contributed by atoms with Crippen molar-refractivity contribution in [2.45, 2.75) is 43.4 Å². The number of fused-ring (bicyclic) bond motifs is 1. The molecule has 1 unspecified atom stereocenters. The Morgan fingerprint density at radius 2 is 1.78 bits per heavy atom. The summed E-state index contributed by atoms with van der Waals surface area (Å²) in [5, 5.41) is 3.42. The normalized spacial score (nSPS) is 12.8. The number of nitrogens with one attached hydrogen (secondary N) is 1. The van der Waals surface area contributed by atoms with Gasteiger partial charge in [0.25, 0.3) is 5.56 Å². The van der Waals surface area contributed by atoms with E-state index in [2.05, 4.69) is 15.3 Å². The zero-order chi connectivity index (χ0) is 24.0. The molecule has 0 bridgehead atoms. The van der Waals surface area contributed by atoms with E-state index in [1.54, 1.807) is 32.2 Å². The van der Waals surface area contributed by atoms with E-state index in [-0.39, 0.29) is 16.9 Å². The molecule has 3 aromatic rings. The van der Waals surface area contributed by atoms with E-state index in [1.165, 1.54) is 11.6 Å². The predicted octanol–water partition coefficient (Wildman–Crippen LogP) is 3.75. The number of carbonyl (C=O) groups is 1. The fraction of sp³-hybridized carbons (Fsp3) is 0.381. The highest BCUT2D eigenvalue weighted by Crippen LogP contribution is 2.31. The number of hydrogen-bond acceptors (Lipinski definition) is 6. The number of aromatic nitrogens is 4. The van der Waals surface area contributed by atoms with Gasteiger partial charge in [-0.05, 0) is 25.1 Å². The standard InChI is InChI=1S/C21H23Cl2N5O3S/c1-10(16(29)24-13-9-11(22)7-8-12(13)23)32-17-14-15(25-19(26-17)21(2,3)4)27(5)20(31)28(6)18(14)30/h7-10H,1-6H3,(H,24,29). The molecule has 2 aromatic heterocycles. The zero-order valence-corrected chi connectivity index (χ0v) is 20.8. The van der Waals surface area contributed by atoms with Crippen molar-refractivity contribution < 1.29 is 4.79 Å². The second-order valence-corrected chi connectivity index (χ2v) is 10.6. The van der Waals surface area contributed by atoms with E-state index >= 15 is 0 Å². The molecule has 8 nitrogen and oxygen atoms in total. The number of carbonyl (C=O) groups excluding carboxylic acids is 1. The Morgan fingerprint density at radius 3 is 2.41 bits per heavy atom. The van der Waals surface area contributed by atoms with Crippen LogP contribution in [0.15, 0.2) is 32.8 Å². The SMILES string of the molecule is CC(Sc1nc(C(C)(C)C)nc2c1c(=O)n(C)c(=O)n2C)C(=O)Nc1cc(Cl)ccc1Cl. The predicted molar refractivity (Wildman–Crippen MR) is 129 cm³/mol. The number of anilines is 1. The maximum atomic E-state index is 12.9. The molecule has 0 aliphatic carbocycles. The van der Waals surface area contributed by atoms with Gasteiger partial charge in [0.15, 0.2) is 5.65 Å². The van der Waals surface area contributed by atoms with Gasteiger partial charge in [-0.3, -0.25) is 18.7 Å². The lowest BCUT2D eigenvalue weighted by Gasteiger charge is -2.20. The fourth-order valence-corrected chi connectivity index (χ4v) is 4.17. The van der Waals surface area contributed by atoms with Crippen molar-refractivity contribution in [2.75, 3.05) is 5.32 Å². The second-order valence-electron chi connectivity index (χ2n) is 8.38. The average Bonchev–Trinajstić information content (AvgIpc) is 2.72. The second kappa shape index (κ2) is 8.88. The molecule has 1 amide bonds. The first-order valence-corrected chi connectivity index (χ1v) is 11.4. The highest BCUT2D eigenvalue weighted by molar-refractivity contribution is 8.00. The van der Waals surface area contributed by atoms with Crippen molar-refractivity contribution >= 4 is 57.6 Å². The van der Waals surface area contributed by atoms with Gasteiger partial charge < -0.3 is 5.32 Å². The van der Waals surface area contributed by atoms with Gasteiger partial charge >= 0.3 is 5.69 Å². The van der Waals surface area contributed by atoms with Crippen molar-refractivity contribution in [1.82, 2.24) is 19.1 Å². The first-order valence-electron chi connectivity index (χ1n) is 9.72. The minimum absolute atomic E-state index is 0.188. The molecule has 0 aliphatic heterocycles. The van der Waals surface area contributed by atoms with E-state index in [1.807, 2.05) is 20.8 Å². The molecule has 0 spiro atoms. The summed E-state index contributed by atoms with van der Waals surface area (Å²) in [6.07, 6.45) is 0. The first-order chi connectivity index (χ1) is 14.8. The zero-order valence-electron chi connectivity index (χ0n) is 18.5. The Balaban J connectivity index is 2.09. The molecule has 0 aliphatic rings.